The van der Waals surface area contributed by atoms with Crippen molar-refractivity contribution in [1.29, 1.82) is 5.26 Å². The van der Waals surface area contributed by atoms with Crippen molar-refractivity contribution in [3.63, 3.8) is 0 Å². The molecule has 0 unspecified atom stereocenters. The zero-order chi connectivity index (χ0) is 11.5. The van der Waals surface area contributed by atoms with Gasteiger partial charge in [0.1, 0.15) is 23.0 Å². The van der Waals surface area contributed by atoms with Gasteiger partial charge in [-0.25, -0.2) is 0 Å². The molecule has 4 nitrogen and oxygen atoms in total. The average molecular weight is 235 g/mol. The normalized spacial score (nSPS) is 11.4. The number of hydrogen-bond donors (Lipinski definition) is 0. The van der Waals surface area contributed by atoms with Crippen LogP contribution in [0, 0.1) is 11.3 Å². The van der Waals surface area contributed by atoms with Crippen molar-refractivity contribution in [1.82, 2.24) is 0 Å². The Morgan fingerprint density at radius 1 is 1.44 bits per heavy atom. The molecule has 0 bridgehead atoms. The van der Waals surface area contributed by atoms with Gasteiger partial charge in [-0.3, -0.25) is 0 Å². The maximum absolute atomic E-state index is 8.86. The first-order valence-corrected chi connectivity index (χ1v) is 4.79. The minimum absolute atomic E-state index is 0.102. The second kappa shape index (κ2) is 4.25. The van der Waals surface area contributed by atoms with Crippen LogP contribution in [0.5, 0.6) is 5.75 Å². The lowest BCUT2D eigenvalue weighted by Gasteiger charge is -2.01. The van der Waals surface area contributed by atoms with Gasteiger partial charge in [-0.15, -0.1) is 4.51 Å². The highest BCUT2D eigenvalue weighted by Crippen LogP contribution is 2.19. The highest BCUT2D eigenvalue weighted by molar-refractivity contribution is 6.14. The first kappa shape index (κ1) is 10.5. The van der Waals surface area contributed by atoms with Crippen LogP contribution in [-0.2, 0) is 0 Å². The number of methoxy groups -OCH3 is 1. The topological polar surface area (TPSA) is 58.5 Å². The van der Waals surface area contributed by atoms with E-state index in [2.05, 4.69) is 4.51 Å². The van der Waals surface area contributed by atoms with Crippen molar-refractivity contribution in [2.24, 2.45) is 4.51 Å². The Hall–Kier alpha value is -1.99. The third kappa shape index (κ3) is 1.73. The van der Waals surface area contributed by atoms with Crippen molar-refractivity contribution in [2.45, 2.75) is 0 Å². The summed E-state index contributed by atoms with van der Waals surface area (Å²) in [6.07, 6.45) is 0. The van der Waals surface area contributed by atoms with E-state index in [0.29, 0.717) is 16.9 Å². The van der Waals surface area contributed by atoms with Crippen LogP contribution in [0.25, 0.3) is 11.0 Å². The lowest BCUT2D eigenvalue weighted by atomic mass is 10.2. The monoisotopic (exact) mass is 234 g/mol. The van der Waals surface area contributed by atoms with Gasteiger partial charge in [-0.2, -0.15) is 5.26 Å². The smallest absolute Gasteiger partial charge is 0.249 e. The van der Waals surface area contributed by atoms with E-state index in [9.17, 15) is 0 Å². The Morgan fingerprint density at radius 2 is 2.25 bits per heavy atom. The fourth-order valence-electron chi connectivity index (χ4n) is 1.37. The van der Waals surface area contributed by atoms with E-state index in [0.717, 1.165) is 5.39 Å². The first-order valence-electron chi connectivity index (χ1n) is 4.45. The molecule has 16 heavy (non-hydrogen) atoms. The summed E-state index contributed by atoms with van der Waals surface area (Å²) in [6.45, 7) is 0. The summed E-state index contributed by atoms with van der Waals surface area (Å²) in [7, 11) is 1.57. The molecular weight excluding hydrogens is 228 g/mol. The van der Waals surface area contributed by atoms with Crippen molar-refractivity contribution >= 4 is 22.7 Å². The predicted octanol–water partition coefficient (Wildman–Crippen LogP) is 2.37. The molecule has 0 aliphatic heterocycles. The molecule has 0 radical (unpaired) electrons. The number of rotatable bonds is 1. The average Bonchev–Trinajstić information content (AvgIpc) is 2.36. The molecule has 1 aromatic carbocycles. The molecule has 0 fully saturated rings. The minimum Gasteiger partial charge on any atom is -0.497 e. The fourth-order valence-corrected chi connectivity index (χ4v) is 1.49. The maximum Gasteiger partial charge on any atom is 0.249 e. The highest BCUT2D eigenvalue weighted by atomic mass is 35.5. The van der Waals surface area contributed by atoms with Crippen LogP contribution in [-0.4, -0.2) is 7.11 Å². The standard InChI is InChI=1S/C11H7ClN2O2/c1-15-9-3-2-7-4-8(6-13)11(14-12)16-10(7)5-9/h2-5H,1H3/b14-11-. The van der Waals surface area contributed by atoms with Gasteiger partial charge in [0, 0.05) is 23.2 Å². The Morgan fingerprint density at radius 3 is 2.88 bits per heavy atom. The molecular formula is C11H7ClN2O2. The summed E-state index contributed by atoms with van der Waals surface area (Å²) < 4.78 is 13.8. The first-order chi connectivity index (χ1) is 7.78. The molecule has 2 rings (SSSR count). The van der Waals surface area contributed by atoms with E-state index in [-0.39, 0.29) is 5.55 Å². The highest BCUT2D eigenvalue weighted by Gasteiger charge is 2.04. The van der Waals surface area contributed by atoms with Gasteiger partial charge in [0.2, 0.25) is 5.55 Å². The van der Waals surface area contributed by atoms with Gasteiger partial charge >= 0.3 is 0 Å². The van der Waals surface area contributed by atoms with Crippen molar-refractivity contribution in [3.05, 3.63) is 35.4 Å². The molecule has 2 aromatic rings. The molecule has 0 aliphatic carbocycles. The molecule has 0 saturated heterocycles. The van der Waals surface area contributed by atoms with Crippen LogP contribution in [0.2, 0.25) is 0 Å². The molecule has 0 spiro atoms. The van der Waals surface area contributed by atoms with Crippen LogP contribution < -0.4 is 10.3 Å². The van der Waals surface area contributed by atoms with Crippen LogP contribution in [0.1, 0.15) is 5.56 Å². The van der Waals surface area contributed by atoms with E-state index in [1.807, 2.05) is 6.07 Å². The van der Waals surface area contributed by atoms with Crippen molar-refractivity contribution < 1.29 is 9.15 Å². The third-order valence-corrected chi connectivity index (χ3v) is 2.31. The van der Waals surface area contributed by atoms with Gasteiger partial charge in [-0.1, -0.05) is 0 Å². The number of benzene rings is 1. The largest absolute Gasteiger partial charge is 0.497 e. The number of fused-ring (bicyclic) bond motifs is 1. The lowest BCUT2D eigenvalue weighted by Crippen LogP contribution is -2.04. The van der Waals surface area contributed by atoms with Crippen LogP contribution in [0.15, 0.2) is 33.2 Å². The number of ether oxygens (including phenoxy) is 1. The Bertz CT molecular complexity index is 640. The van der Waals surface area contributed by atoms with Crippen LogP contribution in [0.4, 0.5) is 0 Å². The number of halogens is 1. The van der Waals surface area contributed by atoms with Crippen molar-refractivity contribution in [3.8, 4) is 11.8 Å². The molecule has 0 N–H and O–H groups in total. The minimum atomic E-state index is 0.102. The Labute approximate surface area is 96.5 Å². The van der Waals surface area contributed by atoms with E-state index in [4.69, 9.17) is 26.2 Å². The molecule has 0 aliphatic rings. The molecule has 80 valence electrons. The molecule has 0 saturated carbocycles. The summed E-state index contributed by atoms with van der Waals surface area (Å²) in [5.41, 5.74) is 0.968. The molecule has 1 heterocycles. The quantitative estimate of drug-likeness (QED) is 0.761. The van der Waals surface area contributed by atoms with Crippen molar-refractivity contribution in [2.75, 3.05) is 7.11 Å². The SMILES string of the molecule is COc1ccc2cc(C#N)/c(=N/Cl)oc2c1. The second-order valence-electron chi connectivity index (χ2n) is 3.07. The Balaban J connectivity index is 2.80. The van der Waals surface area contributed by atoms with E-state index in [1.165, 1.54) is 0 Å². The van der Waals surface area contributed by atoms with Gasteiger partial charge in [0.05, 0.1) is 7.11 Å². The lowest BCUT2D eigenvalue weighted by molar-refractivity contribution is 0.414. The summed E-state index contributed by atoms with van der Waals surface area (Å²) in [5.74, 6) is 0.668. The van der Waals surface area contributed by atoms with Crippen LogP contribution >= 0.6 is 11.8 Å². The van der Waals surface area contributed by atoms with E-state index >= 15 is 0 Å². The number of hydrogen-bond acceptors (Lipinski definition) is 4. The number of nitriles is 1. The predicted molar refractivity (Wildman–Crippen MR) is 58.9 cm³/mol. The van der Waals surface area contributed by atoms with Gasteiger partial charge in [0.25, 0.3) is 0 Å². The molecule has 0 atom stereocenters. The zero-order valence-electron chi connectivity index (χ0n) is 8.40. The second-order valence-corrected chi connectivity index (χ2v) is 3.23. The van der Waals surface area contributed by atoms with E-state index < -0.39 is 0 Å². The summed E-state index contributed by atoms with van der Waals surface area (Å²) in [6, 6.07) is 8.93. The summed E-state index contributed by atoms with van der Waals surface area (Å²) in [5, 5.41) is 9.65. The zero-order valence-corrected chi connectivity index (χ0v) is 9.15. The van der Waals surface area contributed by atoms with Gasteiger partial charge < -0.3 is 9.15 Å². The molecule has 1 aromatic heterocycles. The van der Waals surface area contributed by atoms with Crippen LogP contribution in [0.3, 0.4) is 0 Å². The number of nitrogens with zero attached hydrogens (tertiary/aromatic N) is 2. The third-order valence-electron chi connectivity index (χ3n) is 2.15. The fraction of sp³-hybridized carbons (Fsp3) is 0.0909. The summed E-state index contributed by atoms with van der Waals surface area (Å²) in [4.78, 5) is 0. The Kier molecular flexibility index (Phi) is 2.80. The van der Waals surface area contributed by atoms with Gasteiger partial charge in [-0.05, 0) is 18.2 Å². The molecule has 5 heteroatoms. The summed E-state index contributed by atoms with van der Waals surface area (Å²) >= 11 is 5.33. The van der Waals surface area contributed by atoms with Gasteiger partial charge in [0.15, 0.2) is 0 Å². The maximum atomic E-state index is 8.86. The van der Waals surface area contributed by atoms with E-state index in [1.54, 1.807) is 31.4 Å². The molecule has 0 amide bonds.